The van der Waals surface area contributed by atoms with Crippen molar-refractivity contribution in [2.75, 3.05) is 4.90 Å². The van der Waals surface area contributed by atoms with Gasteiger partial charge in [0.15, 0.2) is 0 Å². The molecule has 0 aliphatic heterocycles. The van der Waals surface area contributed by atoms with Gasteiger partial charge in [0.25, 0.3) is 0 Å². The highest BCUT2D eigenvalue weighted by Gasteiger charge is 2.46. The Labute approximate surface area is 329 Å². The molecule has 0 N–H and O–H groups in total. The molecule has 9 aromatic rings. The zero-order chi connectivity index (χ0) is 37.3. The van der Waals surface area contributed by atoms with Crippen LogP contribution in [0.15, 0.2) is 237 Å². The van der Waals surface area contributed by atoms with Crippen LogP contribution in [0.5, 0.6) is 0 Å². The fourth-order valence-electron chi connectivity index (χ4n) is 8.84. The summed E-state index contributed by atoms with van der Waals surface area (Å²) < 4.78 is 0. The van der Waals surface area contributed by atoms with E-state index in [2.05, 4.69) is 241 Å². The SMILES string of the molecule is c1ccc(-c2ccc(-c3ccc(N(c4ccccc4)c4ccc(-c5cccc6c5-c5ccccc5C6(c5ccccc5)c5ccccc5)cc4)cc3)cc2)cc1. The maximum atomic E-state index is 2.34. The Kier molecular flexibility index (Phi) is 8.46. The van der Waals surface area contributed by atoms with E-state index in [9.17, 15) is 0 Å². The number of fused-ring (bicyclic) bond motifs is 3. The largest absolute Gasteiger partial charge is 0.311 e. The molecule has 1 aliphatic carbocycles. The second kappa shape index (κ2) is 14.2. The van der Waals surface area contributed by atoms with Crippen LogP contribution in [0.1, 0.15) is 22.3 Å². The van der Waals surface area contributed by atoms with Crippen molar-refractivity contribution in [3.8, 4) is 44.5 Å². The summed E-state index contributed by atoms with van der Waals surface area (Å²) in [6.07, 6.45) is 0. The Hall–Kier alpha value is -7.22. The molecule has 56 heavy (non-hydrogen) atoms. The Bertz CT molecular complexity index is 2700. The third-order valence-corrected chi connectivity index (χ3v) is 11.4. The van der Waals surface area contributed by atoms with Crippen LogP contribution >= 0.6 is 0 Å². The van der Waals surface area contributed by atoms with Gasteiger partial charge < -0.3 is 4.90 Å². The van der Waals surface area contributed by atoms with Crippen LogP contribution in [0.25, 0.3) is 44.5 Å². The van der Waals surface area contributed by atoms with Crippen LogP contribution in [-0.2, 0) is 5.41 Å². The number of para-hydroxylation sites is 1. The van der Waals surface area contributed by atoms with E-state index in [1.807, 2.05) is 0 Å². The molecule has 0 bridgehead atoms. The summed E-state index contributed by atoms with van der Waals surface area (Å²) in [6, 6.07) is 85.9. The number of nitrogens with zero attached hydrogens (tertiary/aromatic N) is 1. The molecule has 0 fully saturated rings. The minimum atomic E-state index is -0.426. The smallest absolute Gasteiger partial charge is 0.0713 e. The summed E-state index contributed by atoms with van der Waals surface area (Å²) in [5.41, 5.74) is 18.0. The van der Waals surface area contributed by atoms with Gasteiger partial charge in [-0.3, -0.25) is 0 Å². The molecule has 0 aromatic heterocycles. The molecule has 0 radical (unpaired) electrons. The fraction of sp³-hybridized carbons (Fsp3) is 0.0182. The predicted octanol–water partition coefficient (Wildman–Crippen LogP) is 14.5. The highest BCUT2D eigenvalue weighted by atomic mass is 15.1. The fourth-order valence-corrected chi connectivity index (χ4v) is 8.84. The van der Waals surface area contributed by atoms with Crippen molar-refractivity contribution in [1.82, 2.24) is 0 Å². The molecule has 0 spiro atoms. The predicted molar refractivity (Wildman–Crippen MR) is 235 cm³/mol. The summed E-state index contributed by atoms with van der Waals surface area (Å²) in [5, 5.41) is 0. The van der Waals surface area contributed by atoms with Gasteiger partial charge in [-0.2, -0.15) is 0 Å². The van der Waals surface area contributed by atoms with Crippen molar-refractivity contribution < 1.29 is 0 Å². The van der Waals surface area contributed by atoms with E-state index < -0.39 is 5.41 Å². The van der Waals surface area contributed by atoms with Crippen molar-refractivity contribution >= 4 is 17.1 Å². The summed E-state index contributed by atoms with van der Waals surface area (Å²) in [5.74, 6) is 0. The molecule has 0 heterocycles. The first-order valence-electron chi connectivity index (χ1n) is 19.3. The van der Waals surface area contributed by atoms with Crippen molar-refractivity contribution in [3.05, 3.63) is 259 Å². The van der Waals surface area contributed by atoms with Crippen LogP contribution in [0.3, 0.4) is 0 Å². The van der Waals surface area contributed by atoms with E-state index in [-0.39, 0.29) is 0 Å². The topological polar surface area (TPSA) is 3.24 Å². The standard InChI is InChI=1S/C55H39N/c1-5-16-40(17-6-1)41-28-30-42(31-29-41)43-32-36-48(37-33-43)56(47-22-11-4-12-23-47)49-38-34-44(35-39-49)50-25-15-27-53-54(50)51-24-13-14-26-52(51)55(53,45-18-7-2-8-19-45)46-20-9-3-10-21-46/h1-39H. The molecule has 1 aliphatic rings. The molecule has 0 atom stereocenters. The lowest BCUT2D eigenvalue weighted by Crippen LogP contribution is -2.28. The quantitative estimate of drug-likeness (QED) is 0.152. The molecule has 0 saturated heterocycles. The highest BCUT2D eigenvalue weighted by molar-refractivity contribution is 5.96. The lowest BCUT2D eigenvalue weighted by Gasteiger charge is -2.34. The Morgan fingerprint density at radius 2 is 0.625 bits per heavy atom. The van der Waals surface area contributed by atoms with E-state index in [0.717, 1.165) is 17.1 Å². The second-order valence-electron chi connectivity index (χ2n) is 14.5. The van der Waals surface area contributed by atoms with E-state index >= 15 is 0 Å². The average Bonchev–Trinajstić information content (AvgIpc) is 3.60. The number of rotatable bonds is 8. The van der Waals surface area contributed by atoms with Crippen LogP contribution in [0.2, 0.25) is 0 Å². The first-order chi connectivity index (χ1) is 27.8. The number of hydrogen-bond donors (Lipinski definition) is 0. The van der Waals surface area contributed by atoms with Crippen LogP contribution in [-0.4, -0.2) is 0 Å². The zero-order valence-electron chi connectivity index (χ0n) is 31.0. The van der Waals surface area contributed by atoms with E-state index in [4.69, 9.17) is 0 Å². The monoisotopic (exact) mass is 713 g/mol. The first kappa shape index (κ1) is 33.4. The van der Waals surface area contributed by atoms with Crippen LogP contribution < -0.4 is 4.90 Å². The van der Waals surface area contributed by atoms with Gasteiger partial charge >= 0.3 is 0 Å². The molecule has 0 unspecified atom stereocenters. The van der Waals surface area contributed by atoms with Gasteiger partial charge in [0, 0.05) is 17.1 Å². The number of anilines is 3. The molecule has 264 valence electrons. The molecule has 1 heteroatoms. The molecular formula is C55H39N. The normalized spacial score (nSPS) is 12.4. The van der Waals surface area contributed by atoms with Gasteiger partial charge in [0.05, 0.1) is 5.41 Å². The summed E-state index contributed by atoms with van der Waals surface area (Å²) in [4.78, 5) is 2.34. The Morgan fingerprint density at radius 3 is 1.18 bits per heavy atom. The molecular weight excluding hydrogens is 675 g/mol. The maximum absolute atomic E-state index is 2.34. The minimum Gasteiger partial charge on any atom is -0.311 e. The first-order valence-corrected chi connectivity index (χ1v) is 19.3. The van der Waals surface area contributed by atoms with Gasteiger partial charge in [-0.05, 0) is 103 Å². The third kappa shape index (κ3) is 5.65. The molecule has 10 rings (SSSR count). The Balaban J connectivity index is 1.04. The number of benzene rings is 9. The van der Waals surface area contributed by atoms with Gasteiger partial charge in [-0.1, -0.05) is 200 Å². The van der Waals surface area contributed by atoms with E-state index in [1.165, 1.54) is 66.8 Å². The van der Waals surface area contributed by atoms with E-state index in [0.29, 0.717) is 0 Å². The zero-order valence-corrected chi connectivity index (χ0v) is 31.0. The number of hydrogen-bond acceptors (Lipinski definition) is 1. The summed E-state index contributed by atoms with van der Waals surface area (Å²) in [7, 11) is 0. The van der Waals surface area contributed by atoms with E-state index in [1.54, 1.807) is 0 Å². The average molecular weight is 714 g/mol. The van der Waals surface area contributed by atoms with Crippen molar-refractivity contribution in [2.24, 2.45) is 0 Å². The molecule has 0 saturated carbocycles. The summed E-state index contributed by atoms with van der Waals surface area (Å²) >= 11 is 0. The summed E-state index contributed by atoms with van der Waals surface area (Å²) in [6.45, 7) is 0. The third-order valence-electron chi connectivity index (χ3n) is 11.4. The van der Waals surface area contributed by atoms with Gasteiger partial charge in [0.1, 0.15) is 0 Å². The van der Waals surface area contributed by atoms with Crippen molar-refractivity contribution in [3.63, 3.8) is 0 Å². The van der Waals surface area contributed by atoms with Crippen molar-refractivity contribution in [2.45, 2.75) is 5.41 Å². The lowest BCUT2D eigenvalue weighted by molar-refractivity contribution is 0.768. The van der Waals surface area contributed by atoms with Crippen molar-refractivity contribution in [1.29, 1.82) is 0 Å². The van der Waals surface area contributed by atoms with Gasteiger partial charge in [-0.25, -0.2) is 0 Å². The van der Waals surface area contributed by atoms with Gasteiger partial charge in [0.2, 0.25) is 0 Å². The van der Waals surface area contributed by atoms with Gasteiger partial charge in [-0.15, -0.1) is 0 Å². The highest BCUT2D eigenvalue weighted by Crippen LogP contribution is 2.58. The molecule has 9 aromatic carbocycles. The molecule has 1 nitrogen and oxygen atoms in total. The molecule has 0 amide bonds. The second-order valence-corrected chi connectivity index (χ2v) is 14.5. The maximum Gasteiger partial charge on any atom is 0.0713 e. The lowest BCUT2D eigenvalue weighted by atomic mass is 9.67. The van der Waals surface area contributed by atoms with Crippen LogP contribution in [0, 0.1) is 0 Å². The minimum absolute atomic E-state index is 0.426. The Morgan fingerprint density at radius 1 is 0.250 bits per heavy atom. The van der Waals surface area contributed by atoms with Crippen LogP contribution in [0.4, 0.5) is 17.1 Å².